The summed E-state index contributed by atoms with van der Waals surface area (Å²) >= 11 is 0. The summed E-state index contributed by atoms with van der Waals surface area (Å²) in [6.07, 6.45) is 6.56. The van der Waals surface area contributed by atoms with Crippen molar-refractivity contribution in [3.05, 3.63) is 73.2 Å². The van der Waals surface area contributed by atoms with E-state index < -0.39 is 16.1 Å². The van der Waals surface area contributed by atoms with Gasteiger partial charge in [0.05, 0.1) is 49.4 Å². The van der Waals surface area contributed by atoms with E-state index in [1.54, 1.807) is 48.8 Å². The summed E-state index contributed by atoms with van der Waals surface area (Å²) in [6, 6.07) is 14.0. The van der Waals surface area contributed by atoms with Crippen LogP contribution in [-0.2, 0) is 38.6 Å². The number of rotatable bonds is 26. The molecule has 0 radical (unpaired) electrons. The van der Waals surface area contributed by atoms with Crippen molar-refractivity contribution < 1.29 is 37.0 Å². The molecule has 0 aliphatic carbocycles. The van der Waals surface area contributed by atoms with Crippen molar-refractivity contribution in [1.82, 2.24) is 56.0 Å². The lowest BCUT2D eigenvalue weighted by Crippen LogP contribution is -2.34. The van der Waals surface area contributed by atoms with Gasteiger partial charge in [-0.3, -0.25) is 24.4 Å². The molecule has 0 aliphatic rings. The first kappa shape index (κ1) is 46.9. The summed E-state index contributed by atoms with van der Waals surface area (Å²) in [5.41, 5.74) is 2.59. The van der Waals surface area contributed by atoms with Gasteiger partial charge in [-0.2, -0.15) is 0 Å². The van der Waals surface area contributed by atoms with Crippen molar-refractivity contribution in [2.75, 3.05) is 58.0 Å². The Labute approximate surface area is 359 Å². The van der Waals surface area contributed by atoms with Crippen LogP contribution in [0.25, 0.3) is 34.3 Å². The van der Waals surface area contributed by atoms with Gasteiger partial charge in [0.2, 0.25) is 39.4 Å². The number of carbonyl (C=O) groups is 3. The number of primary sulfonamides is 1. The minimum Gasteiger partial charge on any atom is -0.379 e. The third kappa shape index (κ3) is 15.7. The monoisotopic (exact) mass is 873 g/mol. The van der Waals surface area contributed by atoms with Crippen molar-refractivity contribution in [3.8, 4) is 34.3 Å². The minimum absolute atomic E-state index is 0.00572. The van der Waals surface area contributed by atoms with Crippen LogP contribution in [0.1, 0.15) is 52.0 Å². The molecule has 1 aromatic carbocycles. The first-order chi connectivity index (χ1) is 30.0. The first-order valence-corrected chi connectivity index (χ1v) is 21.6. The van der Waals surface area contributed by atoms with Crippen LogP contribution in [0.5, 0.6) is 0 Å². The number of sulfonamides is 1. The normalized spacial score (nSPS) is 11.9. The number of pyridine rings is 2. The second-order valence-corrected chi connectivity index (χ2v) is 15.8. The van der Waals surface area contributed by atoms with Crippen LogP contribution in [0, 0.1) is 5.92 Å². The first-order valence-electron chi connectivity index (χ1n) is 20.0. The van der Waals surface area contributed by atoms with E-state index in [4.69, 9.17) is 19.3 Å². The van der Waals surface area contributed by atoms with Gasteiger partial charge in [0.25, 0.3) is 0 Å². The number of hydrogen-bond acceptors (Lipinski definition) is 16. The maximum atomic E-state index is 13.1. The Morgan fingerprint density at radius 2 is 1.32 bits per heavy atom. The van der Waals surface area contributed by atoms with Crippen molar-refractivity contribution >= 4 is 33.4 Å². The van der Waals surface area contributed by atoms with Gasteiger partial charge in [0.1, 0.15) is 23.1 Å². The lowest BCUT2D eigenvalue weighted by atomic mass is 10.0. The molecule has 5 N–H and O–H groups in total. The summed E-state index contributed by atoms with van der Waals surface area (Å²) in [6.45, 7) is 7.32. The van der Waals surface area contributed by atoms with E-state index in [0.717, 1.165) is 0 Å². The van der Waals surface area contributed by atoms with E-state index in [1.165, 1.54) is 23.0 Å². The number of aromatic nitrogens is 9. The van der Waals surface area contributed by atoms with Gasteiger partial charge >= 0.3 is 0 Å². The van der Waals surface area contributed by atoms with Gasteiger partial charge in [0, 0.05) is 50.9 Å². The number of ether oxygens (including phenoxy) is 3. The number of nitrogens with two attached hydrogens (primary N) is 1. The van der Waals surface area contributed by atoms with Crippen LogP contribution >= 0.6 is 0 Å². The fourth-order valence-electron chi connectivity index (χ4n) is 5.67. The van der Waals surface area contributed by atoms with Gasteiger partial charge in [-0.15, -0.1) is 25.5 Å². The van der Waals surface area contributed by atoms with Crippen LogP contribution in [0.15, 0.2) is 78.1 Å². The highest BCUT2D eigenvalue weighted by atomic mass is 32.2. The third-order valence-corrected chi connectivity index (χ3v) is 9.76. The molecule has 0 spiro atoms. The van der Waals surface area contributed by atoms with E-state index in [0.29, 0.717) is 106 Å². The molecule has 22 heteroatoms. The van der Waals surface area contributed by atoms with Gasteiger partial charge in [-0.05, 0) is 61.6 Å². The Balaban J connectivity index is 0.837. The average molecular weight is 874 g/mol. The summed E-state index contributed by atoms with van der Waals surface area (Å²) in [5.74, 6) is -0.0122. The maximum Gasteiger partial charge on any atom is 0.244 e. The Hall–Kier alpha value is -6.20. The highest BCUT2D eigenvalue weighted by molar-refractivity contribution is 7.89. The molecule has 0 saturated heterocycles. The zero-order chi connectivity index (χ0) is 44.2. The molecule has 0 fully saturated rings. The molecule has 330 valence electrons. The van der Waals surface area contributed by atoms with E-state index >= 15 is 0 Å². The van der Waals surface area contributed by atoms with E-state index in [9.17, 15) is 22.8 Å². The molecule has 5 aromatic rings. The van der Waals surface area contributed by atoms with E-state index in [2.05, 4.69) is 56.6 Å². The number of amides is 3. The molecule has 1 atom stereocenters. The Bertz CT molecular complexity index is 2260. The molecule has 3 amide bonds. The van der Waals surface area contributed by atoms with Gasteiger partial charge in [0.15, 0.2) is 0 Å². The minimum atomic E-state index is -3.81. The highest BCUT2D eigenvalue weighted by Gasteiger charge is 2.23. The Kier molecular flexibility index (Phi) is 18.4. The molecule has 0 saturated carbocycles. The molecule has 0 bridgehead atoms. The van der Waals surface area contributed by atoms with Crippen molar-refractivity contribution in [1.29, 1.82) is 0 Å². The van der Waals surface area contributed by atoms with Crippen LogP contribution in [0.3, 0.4) is 0 Å². The standard InChI is InChI=1S/C40H51N13O8S/c1-28(2)25-35(53-27-34(47-52-53)29-8-11-31(12-9-29)62(41,57)58)40(56)44-18-6-20-60-22-24-61-23-21-59-19-5-17-43-36(54)14-15-37(55)46-30-10-13-33(45-26-30)39-50-48-38(49-51-39)32-7-3-4-16-42-32/h3-4,7-13,16,26-28,35H,5-6,14-15,17-25H2,1-2H3,(H,43,54)(H,44,56)(H,46,55)(H2,41,57,58)/t35-/m0/s1. The summed E-state index contributed by atoms with van der Waals surface area (Å²) in [7, 11) is -3.81. The molecule has 5 rings (SSSR count). The predicted molar refractivity (Wildman–Crippen MR) is 225 cm³/mol. The van der Waals surface area contributed by atoms with Crippen molar-refractivity contribution in [2.24, 2.45) is 11.1 Å². The van der Waals surface area contributed by atoms with Crippen molar-refractivity contribution in [2.45, 2.75) is 56.9 Å². The molecule has 0 unspecified atom stereocenters. The van der Waals surface area contributed by atoms with Crippen molar-refractivity contribution in [3.63, 3.8) is 0 Å². The number of nitrogens with zero attached hydrogens (tertiary/aromatic N) is 9. The topological polar surface area (TPSA) is 283 Å². The SMILES string of the molecule is CC(C)C[C@@H](C(=O)NCCCOCCOCCOCCCNC(=O)CCC(=O)Nc1ccc(-c2nnc(-c3ccccn3)nn2)nc1)n1cc(-c2ccc(S(N)(=O)=O)cc2)nn1. The quantitative estimate of drug-likeness (QED) is 0.0580. The molecule has 0 aliphatic heterocycles. The molecule has 21 nitrogen and oxygen atoms in total. The van der Waals surface area contributed by atoms with E-state index in [1.807, 2.05) is 19.9 Å². The van der Waals surface area contributed by atoms with E-state index in [-0.39, 0.29) is 47.2 Å². The Morgan fingerprint density at radius 3 is 1.90 bits per heavy atom. The number of hydrogen-bond donors (Lipinski definition) is 4. The number of benzene rings is 1. The van der Waals surface area contributed by atoms with Gasteiger partial charge in [-0.25, -0.2) is 18.2 Å². The van der Waals surface area contributed by atoms with Crippen LogP contribution in [0.2, 0.25) is 0 Å². The summed E-state index contributed by atoms with van der Waals surface area (Å²) in [4.78, 5) is 46.1. The van der Waals surface area contributed by atoms with Crippen LogP contribution < -0.4 is 21.1 Å². The fourth-order valence-corrected chi connectivity index (χ4v) is 6.19. The average Bonchev–Trinajstić information content (AvgIpc) is 3.76. The lowest BCUT2D eigenvalue weighted by molar-refractivity contribution is -0.125. The van der Waals surface area contributed by atoms with Crippen LogP contribution in [-0.4, -0.2) is 124 Å². The third-order valence-electron chi connectivity index (χ3n) is 8.83. The maximum absolute atomic E-state index is 13.1. The molecule has 4 heterocycles. The van der Waals surface area contributed by atoms with Crippen LogP contribution in [0.4, 0.5) is 5.69 Å². The molecule has 4 aromatic heterocycles. The predicted octanol–water partition coefficient (Wildman–Crippen LogP) is 2.37. The second-order valence-electron chi connectivity index (χ2n) is 14.2. The summed E-state index contributed by atoms with van der Waals surface area (Å²) in [5, 5.41) is 38.2. The lowest BCUT2D eigenvalue weighted by Gasteiger charge is -2.18. The summed E-state index contributed by atoms with van der Waals surface area (Å²) < 4.78 is 41.4. The zero-order valence-corrected chi connectivity index (χ0v) is 35.4. The zero-order valence-electron chi connectivity index (χ0n) is 34.6. The van der Waals surface area contributed by atoms with Gasteiger partial charge in [-0.1, -0.05) is 37.3 Å². The number of anilines is 1. The fraction of sp³-hybridized carbons (Fsp3) is 0.425. The molecule has 62 heavy (non-hydrogen) atoms. The largest absolute Gasteiger partial charge is 0.379 e. The highest BCUT2D eigenvalue weighted by Crippen LogP contribution is 2.23. The Morgan fingerprint density at radius 1 is 0.710 bits per heavy atom. The number of carbonyl (C=O) groups excluding carboxylic acids is 3. The second kappa shape index (κ2) is 24.3. The van der Waals surface area contributed by atoms with Gasteiger partial charge < -0.3 is 30.2 Å². The molecular weight excluding hydrogens is 823 g/mol. The smallest absolute Gasteiger partial charge is 0.244 e. The molecular formula is C40H51N13O8S. The number of nitrogens with one attached hydrogen (secondary N) is 3.